The molecule has 0 saturated heterocycles. The molecule has 0 aliphatic heterocycles. The standard InChI is InChI=1S/C26H31N5O2/c1-17(2)23-14-20(15-24-30-31-25(33-24)19-9-11-27-12-10-19)18(3)13-21(23)16-28-26(32)29-22-7-5-4-6-8-22/h4-13,17,20-21,23H,14-16H2,1-3H3,(H2,28,29,32). The predicted molar refractivity (Wildman–Crippen MR) is 128 cm³/mol. The third-order valence-corrected chi connectivity index (χ3v) is 6.43. The van der Waals surface area contributed by atoms with Crippen LogP contribution in [-0.2, 0) is 6.42 Å². The highest BCUT2D eigenvalue weighted by molar-refractivity contribution is 5.89. The minimum absolute atomic E-state index is 0.175. The summed E-state index contributed by atoms with van der Waals surface area (Å²) < 4.78 is 5.94. The molecule has 3 aromatic rings. The van der Waals surface area contributed by atoms with Crippen molar-refractivity contribution in [3.8, 4) is 11.5 Å². The summed E-state index contributed by atoms with van der Waals surface area (Å²) in [6.07, 6.45) is 7.50. The van der Waals surface area contributed by atoms with Crippen molar-refractivity contribution in [2.75, 3.05) is 11.9 Å². The Balaban J connectivity index is 1.39. The first-order valence-electron chi connectivity index (χ1n) is 11.5. The third kappa shape index (κ3) is 5.86. The van der Waals surface area contributed by atoms with E-state index in [1.165, 1.54) is 5.57 Å². The Kier molecular flexibility index (Phi) is 7.17. The van der Waals surface area contributed by atoms with Gasteiger partial charge in [0.25, 0.3) is 0 Å². The fraction of sp³-hybridized carbons (Fsp3) is 0.385. The number of aromatic nitrogens is 3. The largest absolute Gasteiger partial charge is 0.421 e. The van der Waals surface area contributed by atoms with Crippen LogP contribution in [0.2, 0.25) is 0 Å². The normalized spacial score (nSPS) is 20.4. The van der Waals surface area contributed by atoms with Crippen molar-refractivity contribution in [2.24, 2.45) is 23.7 Å². The maximum Gasteiger partial charge on any atom is 0.319 e. The molecule has 0 radical (unpaired) electrons. The maximum atomic E-state index is 12.4. The zero-order chi connectivity index (χ0) is 23.2. The molecule has 4 rings (SSSR count). The molecule has 7 nitrogen and oxygen atoms in total. The van der Waals surface area contributed by atoms with Crippen molar-refractivity contribution < 1.29 is 9.21 Å². The highest BCUT2D eigenvalue weighted by Crippen LogP contribution is 2.38. The Morgan fingerprint density at radius 2 is 1.88 bits per heavy atom. The molecule has 2 N–H and O–H groups in total. The van der Waals surface area contributed by atoms with Gasteiger partial charge in [-0.05, 0) is 61.3 Å². The van der Waals surface area contributed by atoms with Crippen molar-refractivity contribution in [3.63, 3.8) is 0 Å². The number of rotatable bonds is 7. The summed E-state index contributed by atoms with van der Waals surface area (Å²) in [5.74, 6) is 2.77. The van der Waals surface area contributed by atoms with Gasteiger partial charge in [-0.3, -0.25) is 4.98 Å². The SMILES string of the molecule is CC1=CC(CNC(=O)Nc2ccccc2)C(C(C)C)CC1Cc1nnc(-c2ccncc2)o1. The lowest BCUT2D eigenvalue weighted by Crippen LogP contribution is -2.38. The van der Waals surface area contributed by atoms with Crippen LogP contribution in [0.3, 0.4) is 0 Å². The topological polar surface area (TPSA) is 92.9 Å². The van der Waals surface area contributed by atoms with Crippen molar-refractivity contribution in [1.29, 1.82) is 0 Å². The van der Waals surface area contributed by atoms with Crippen LogP contribution in [-0.4, -0.2) is 27.8 Å². The second-order valence-corrected chi connectivity index (χ2v) is 9.06. The predicted octanol–water partition coefficient (Wildman–Crippen LogP) is 5.35. The molecule has 0 saturated carbocycles. The zero-order valence-electron chi connectivity index (χ0n) is 19.4. The van der Waals surface area contributed by atoms with Crippen LogP contribution in [0.1, 0.15) is 33.1 Å². The number of carbonyl (C=O) groups excluding carboxylic acids is 1. The number of carbonyl (C=O) groups is 1. The monoisotopic (exact) mass is 445 g/mol. The summed E-state index contributed by atoms with van der Waals surface area (Å²) in [7, 11) is 0. The number of pyridine rings is 1. The number of amides is 2. The van der Waals surface area contributed by atoms with Crippen molar-refractivity contribution in [3.05, 3.63) is 72.4 Å². The Morgan fingerprint density at radius 1 is 1.12 bits per heavy atom. The van der Waals surface area contributed by atoms with E-state index in [1.807, 2.05) is 42.5 Å². The summed E-state index contributed by atoms with van der Waals surface area (Å²) in [5, 5.41) is 14.4. The molecular weight excluding hydrogens is 414 g/mol. The molecule has 1 aliphatic rings. The lowest BCUT2D eigenvalue weighted by atomic mass is 9.70. The molecule has 0 fully saturated rings. The summed E-state index contributed by atoms with van der Waals surface area (Å²) in [6.45, 7) is 7.28. The van der Waals surface area contributed by atoms with Gasteiger partial charge < -0.3 is 15.1 Å². The molecule has 1 aromatic carbocycles. The molecule has 2 heterocycles. The molecule has 172 valence electrons. The van der Waals surface area contributed by atoms with Crippen LogP contribution in [0.4, 0.5) is 10.5 Å². The lowest BCUT2D eigenvalue weighted by molar-refractivity contribution is 0.215. The number of anilines is 1. The third-order valence-electron chi connectivity index (χ3n) is 6.43. The maximum absolute atomic E-state index is 12.4. The first-order valence-corrected chi connectivity index (χ1v) is 11.5. The number of allylic oxidation sites excluding steroid dienone is 1. The van der Waals surface area contributed by atoms with Gasteiger partial charge in [0.1, 0.15) is 0 Å². The van der Waals surface area contributed by atoms with Gasteiger partial charge in [-0.25, -0.2) is 4.79 Å². The number of hydrogen-bond acceptors (Lipinski definition) is 5. The zero-order valence-corrected chi connectivity index (χ0v) is 19.4. The fourth-order valence-electron chi connectivity index (χ4n) is 4.57. The van der Waals surface area contributed by atoms with E-state index < -0.39 is 0 Å². The Labute approximate surface area is 194 Å². The van der Waals surface area contributed by atoms with Crippen LogP contribution in [0.25, 0.3) is 11.5 Å². The molecule has 2 amide bonds. The first kappa shape index (κ1) is 22.7. The molecule has 2 aromatic heterocycles. The van der Waals surface area contributed by atoms with Crippen LogP contribution in [0, 0.1) is 23.7 Å². The average molecular weight is 446 g/mol. The quantitative estimate of drug-likeness (QED) is 0.478. The van der Waals surface area contributed by atoms with E-state index >= 15 is 0 Å². The van der Waals surface area contributed by atoms with Crippen molar-refractivity contribution in [2.45, 2.75) is 33.6 Å². The summed E-state index contributed by atoms with van der Waals surface area (Å²) in [6, 6.07) is 13.0. The van der Waals surface area contributed by atoms with E-state index in [0.29, 0.717) is 36.1 Å². The number of benzene rings is 1. The van der Waals surface area contributed by atoms with Crippen LogP contribution in [0.15, 0.2) is 70.9 Å². The molecule has 33 heavy (non-hydrogen) atoms. The van der Waals surface area contributed by atoms with E-state index in [4.69, 9.17) is 4.42 Å². The Hall–Kier alpha value is -3.48. The van der Waals surface area contributed by atoms with Gasteiger partial charge in [0.15, 0.2) is 0 Å². The van der Waals surface area contributed by atoms with E-state index in [0.717, 1.165) is 24.1 Å². The van der Waals surface area contributed by atoms with Gasteiger partial charge in [0, 0.05) is 36.6 Å². The van der Waals surface area contributed by atoms with E-state index in [1.54, 1.807) is 12.4 Å². The molecule has 3 unspecified atom stereocenters. The molecule has 3 atom stereocenters. The average Bonchev–Trinajstić information content (AvgIpc) is 3.29. The van der Waals surface area contributed by atoms with Crippen LogP contribution in [0.5, 0.6) is 0 Å². The molecular formula is C26H31N5O2. The second kappa shape index (κ2) is 10.4. The van der Waals surface area contributed by atoms with Gasteiger partial charge in [-0.15, -0.1) is 10.2 Å². The summed E-state index contributed by atoms with van der Waals surface area (Å²) in [4.78, 5) is 16.4. The highest BCUT2D eigenvalue weighted by Gasteiger charge is 2.32. The minimum atomic E-state index is -0.175. The Morgan fingerprint density at radius 3 is 2.61 bits per heavy atom. The molecule has 7 heteroatoms. The second-order valence-electron chi connectivity index (χ2n) is 9.06. The molecule has 1 aliphatic carbocycles. The van der Waals surface area contributed by atoms with Gasteiger partial charge in [-0.2, -0.15) is 0 Å². The van der Waals surface area contributed by atoms with E-state index in [9.17, 15) is 4.79 Å². The van der Waals surface area contributed by atoms with Gasteiger partial charge in [-0.1, -0.05) is 43.7 Å². The van der Waals surface area contributed by atoms with Crippen molar-refractivity contribution in [1.82, 2.24) is 20.5 Å². The van der Waals surface area contributed by atoms with Gasteiger partial charge >= 0.3 is 6.03 Å². The fourth-order valence-corrected chi connectivity index (χ4v) is 4.57. The van der Waals surface area contributed by atoms with Crippen LogP contribution >= 0.6 is 0 Å². The molecule has 0 bridgehead atoms. The van der Waals surface area contributed by atoms with Gasteiger partial charge in [0.05, 0.1) is 0 Å². The number of hydrogen-bond donors (Lipinski definition) is 2. The number of para-hydroxylation sites is 1. The first-order chi connectivity index (χ1) is 16.0. The Bertz CT molecular complexity index is 1080. The minimum Gasteiger partial charge on any atom is -0.421 e. The number of nitrogens with zero attached hydrogens (tertiary/aromatic N) is 3. The highest BCUT2D eigenvalue weighted by atomic mass is 16.4. The summed E-state index contributed by atoms with van der Waals surface area (Å²) in [5.41, 5.74) is 2.97. The smallest absolute Gasteiger partial charge is 0.319 e. The van der Waals surface area contributed by atoms with E-state index in [-0.39, 0.29) is 11.9 Å². The van der Waals surface area contributed by atoms with Gasteiger partial charge in [0.2, 0.25) is 11.8 Å². The summed E-state index contributed by atoms with van der Waals surface area (Å²) >= 11 is 0. The molecule has 0 spiro atoms. The number of urea groups is 1. The lowest BCUT2D eigenvalue weighted by Gasteiger charge is -2.37. The van der Waals surface area contributed by atoms with Crippen LogP contribution < -0.4 is 10.6 Å². The number of nitrogens with one attached hydrogen (secondary N) is 2. The van der Waals surface area contributed by atoms with Crippen molar-refractivity contribution >= 4 is 11.7 Å². The van der Waals surface area contributed by atoms with E-state index in [2.05, 4.69) is 52.7 Å².